The third-order valence-corrected chi connectivity index (χ3v) is 3.47. The summed E-state index contributed by atoms with van der Waals surface area (Å²) in [5.74, 6) is 0. The molecule has 0 radical (unpaired) electrons. The zero-order valence-electron chi connectivity index (χ0n) is 9.53. The van der Waals surface area contributed by atoms with Crippen molar-refractivity contribution in [3.05, 3.63) is 36.4 Å². The number of hydrogen-bond donors (Lipinski definition) is 0. The van der Waals surface area contributed by atoms with Crippen molar-refractivity contribution in [2.75, 3.05) is 6.26 Å². The highest BCUT2D eigenvalue weighted by Gasteiger charge is 2.12. The monoisotopic (exact) mass is 259 g/mol. The van der Waals surface area contributed by atoms with Crippen molar-refractivity contribution >= 4 is 31.6 Å². The van der Waals surface area contributed by atoms with Crippen LogP contribution in [0.25, 0.3) is 21.8 Å². The average molecular weight is 259 g/mol. The molecule has 0 atom stereocenters. The number of fused-ring (bicyclic) bond motifs is 2. The van der Waals surface area contributed by atoms with E-state index in [1.165, 1.54) is 0 Å². The van der Waals surface area contributed by atoms with Crippen molar-refractivity contribution < 1.29 is 8.42 Å². The quantitative estimate of drug-likeness (QED) is 0.620. The molecule has 0 aliphatic heterocycles. The summed E-state index contributed by atoms with van der Waals surface area (Å²) >= 11 is 0. The second-order valence-corrected chi connectivity index (χ2v) is 5.96. The van der Waals surface area contributed by atoms with E-state index in [9.17, 15) is 8.42 Å². The summed E-state index contributed by atoms with van der Waals surface area (Å²) in [7, 11) is -3.43. The molecule has 0 aliphatic rings. The minimum absolute atomic E-state index is 0.245. The van der Waals surface area contributed by atoms with Gasteiger partial charge in [-0.15, -0.1) is 10.2 Å². The summed E-state index contributed by atoms with van der Waals surface area (Å²) in [6.45, 7) is 0. The molecule has 0 saturated carbocycles. The Hall–Kier alpha value is -2.08. The van der Waals surface area contributed by atoms with E-state index < -0.39 is 9.84 Å². The predicted molar refractivity (Wildman–Crippen MR) is 67.9 cm³/mol. The first-order valence-electron chi connectivity index (χ1n) is 5.27. The summed E-state index contributed by atoms with van der Waals surface area (Å²) in [4.78, 5) is 4.04. The maximum absolute atomic E-state index is 11.4. The predicted octanol–water partition coefficient (Wildman–Crippen LogP) is 1.58. The van der Waals surface area contributed by atoms with E-state index in [0.717, 1.165) is 17.0 Å². The number of sulfone groups is 1. The molecule has 0 bridgehead atoms. The third kappa shape index (κ3) is 1.80. The second kappa shape index (κ2) is 3.71. The fourth-order valence-electron chi connectivity index (χ4n) is 1.77. The topological polar surface area (TPSA) is 72.8 Å². The number of benzene rings is 2. The van der Waals surface area contributed by atoms with Crippen molar-refractivity contribution in [2.24, 2.45) is 0 Å². The first-order chi connectivity index (χ1) is 8.54. The van der Waals surface area contributed by atoms with Crippen LogP contribution in [0.3, 0.4) is 0 Å². The van der Waals surface area contributed by atoms with Crippen molar-refractivity contribution in [3.63, 3.8) is 0 Å². The Bertz CT molecular complexity index is 859. The van der Waals surface area contributed by atoms with Gasteiger partial charge in [0.25, 0.3) is 5.16 Å². The lowest BCUT2D eigenvalue weighted by Crippen LogP contribution is -2.05. The molecule has 0 spiro atoms. The maximum Gasteiger partial charge on any atom is 0.267 e. The number of aromatic nitrogens is 3. The first-order valence-corrected chi connectivity index (χ1v) is 7.16. The van der Waals surface area contributed by atoms with Gasteiger partial charge in [-0.1, -0.05) is 24.3 Å². The molecule has 3 aromatic rings. The van der Waals surface area contributed by atoms with Gasteiger partial charge in [-0.2, -0.15) is 0 Å². The zero-order valence-corrected chi connectivity index (χ0v) is 10.3. The zero-order chi connectivity index (χ0) is 12.8. The molecule has 0 N–H and O–H groups in total. The van der Waals surface area contributed by atoms with Crippen molar-refractivity contribution in [2.45, 2.75) is 5.16 Å². The van der Waals surface area contributed by atoms with Gasteiger partial charge in [-0.3, -0.25) is 0 Å². The molecule has 3 rings (SSSR count). The molecule has 0 fully saturated rings. The van der Waals surface area contributed by atoms with Gasteiger partial charge in [-0.25, -0.2) is 13.4 Å². The lowest BCUT2D eigenvalue weighted by molar-refractivity contribution is 0.591. The molecule has 90 valence electrons. The second-order valence-electron chi connectivity index (χ2n) is 4.05. The maximum atomic E-state index is 11.4. The Balaban J connectivity index is 2.37. The Morgan fingerprint density at radius 2 is 1.56 bits per heavy atom. The van der Waals surface area contributed by atoms with Gasteiger partial charge in [0.2, 0.25) is 9.84 Å². The molecule has 0 amide bonds. The standard InChI is InChI=1S/C12H9N3O2S/c1-18(16,17)12-13-10-6-8-4-2-3-5-9(8)7-11(10)14-15-12/h2-7H,1H3. The molecule has 1 aromatic heterocycles. The summed E-state index contributed by atoms with van der Waals surface area (Å²) < 4.78 is 22.8. The Morgan fingerprint density at radius 3 is 2.17 bits per heavy atom. The van der Waals surface area contributed by atoms with Crippen LogP contribution in [0.5, 0.6) is 0 Å². The van der Waals surface area contributed by atoms with Gasteiger partial charge in [0, 0.05) is 6.26 Å². The van der Waals surface area contributed by atoms with Crippen LogP contribution in [-0.4, -0.2) is 29.9 Å². The smallest absolute Gasteiger partial charge is 0.221 e. The fourth-order valence-corrected chi connectivity index (χ4v) is 2.22. The highest BCUT2D eigenvalue weighted by molar-refractivity contribution is 7.90. The van der Waals surface area contributed by atoms with Gasteiger partial charge >= 0.3 is 0 Å². The number of hydrogen-bond acceptors (Lipinski definition) is 5. The van der Waals surface area contributed by atoms with E-state index in [1.807, 2.05) is 36.4 Å². The molecule has 0 saturated heterocycles. The van der Waals surface area contributed by atoms with Gasteiger partial charge in [-0.05, 0) is 22.9 Å². The van der Waals surface area contributed by atoms with Crippen molar-refractivity contribution in [1.82, 2.24) is 15.2 Å². The Labute approximate surface area is 103 Å². The number of rotatable bonds is 1. The molecular formula is C12H9N3O2S. The van der Waals surface area contributed by atoms with Crippen LogP contribution >= 0.6 is 0 Å². The van der Waals surface area contributed by atoms with E-state index in [4.69, 9.17) is 0 Å². The molecular weight excluding hydrogens is 250 g/mol. The largest absolute Gasteiger partial charge is 0.267 e. The normalized spacial score (nSPS) is 12.1. The average Bonchev–Trinajstić information content (AvgIpc) is 2.34. The Morgan fingerprint density at radius 1 is 0.944 bits per heavy atom. The van der Waals surface area contributed by atoms with Gasteiger partial charge in [0.1, 0.15) is 5.52 Å². The minimum atomic E-state index is -3.43. The van der Waals surface area contributed by atoms with Crippen LogP contribution in [0, 0.1) is 0 Å². The number of nitrogens with zero attached hydrogens (tertiary/aromatic N) is 3. The highest BCUT2D eigenvalue weighted by atomic mass is 32.2. The third-order valence-electron chi connectivity index (χ3n) is 2.63. The summed E-state index contributed by atoms with van der Waals surface area (Å²) in [6, 6.07) is 11.4. The molecule has 1 heterocycles. The summed E-state index contributed by atoms with van der Waals surface area (Å²) in [5, 5.41) is 9.31. The molecule has 5 nitrogen and oxygen atoms in total. The highest BCUT2D eigenvalue weighted by Crippen LogP contribution is 2.20. The summed E-state index contributed by atoms with van der Waals surface area (Å²) in [6.07, 6.45) is 1.07. The van der Waals surface area contributed by atoms with Gasteiger partial charge in [0.15, 0.2) is 0 Å². The first kappa shape index (κ1) is 11.0. The minimum Gasteiger partial charge on any atom is -0.221 e. The lowest BCUT2D eigenvalue weighted by Gasteiger charge is -2.01. The van der Waals surface area contributed by atoms with Crippen LogP contribution in [-0.2, 0) is 9.84 Å². The van der Waals surface area contributed by atoms with E-state index in [2.05, 4.69) is 15.2 Å². The van der Waals surface area contributed by atoms with Crippen LogP contribution in [0.15, 0.2) is 41.6 Å². The van der Waals surface area contributed by atoms with E-state index in [-0.39, 0.29) is 5.16 Å². The lowest BCUT2D eigenvalue weighted by atomic mass is 10.1. The fraction of sp³-hybridized carbons (Fsp3) is 0.0833. The van der Waals surface area contributed by atoms with Crippen LogP contribution < -0.4 is 0 Å². The molecule has 2 aromatic carbocycles. The van der Waals surface area contributed by atoms with Crippen LogP contribution in [0.4, 0.5) is 0 Å². The van der Waals surface area contributed by atoms with Gasteiger partial charge < -0.3 is 0 Å². The van der Waals surface area contributed by atoms with Crippen molar-refractivity contribution in [1.29, 1.82) is 0 Å². The van der Waals surface area contributed by atoms with E-state index in [0.29, 0.717) is 11.0 Å². The van der Waals surface area contributed by atoms with E-state index >= 15 is 0 Å². The summed E-state index contributed by atoms with van der Waals surface area (Å²) in [5.41, 5.74) is 1.12. The van der Waals surface area contributed by atoms with Crippen LogP contribution in [0.1, 0.15) is 0 Å². The Kier molecular flexibility index (Phi) is 2.27. The van der Waals surface area contributed by atoms with E-state index in [1.54, 1.807) is 0 Å². The molecule has 18 heavy (non-hydrogen) atoms. The SMILES string of the molecule is CS(=O)(=O)c1nnc2cc3ccccc3cc2n1. The molecule has 0 unspecified atom stereocenters. The molecule has 0 aliphatic carbocycles. The van der Waals surface area contributed by atoms with Gasteiger partial charge in [0.05, 0.1) is 5.52 Å². The van der Waals surface area contributed by atoms with Crippen molar-refractivity contribution in [3.8, 4) is 0 Å². The molecule has 6 heteroatoms. The van der Waals surface area contributed by atoms with Crippen LogP contribution in [0.2, 0.25) is 0 Å².